The number of hydrogen-bond donors (Lipinski definition) is 3. The maximum Gasteiger partial charge on any atom is 0.254 e. The summed E-state index contributed by atoms with van der Waals surface area (Å²) in [7, 11) is 0. The lowest BCUT2D eigenvalue weighted by Gasteiger charge is -2.34. The maximum atomic E-state index is 15.0. The quantitative estimate of drug-likeness (QED) is 0.374. The zero-order valence-electron chi connectivity index (χ0n) is 21.9. The number of pyridine rings is 2. The zero-order chi connectivity index (χ0) is 27.4. The fourth-order valence-corrected chi connectivity index (χ4v) is 7.17. The normalized spacial score (nSPS) is 26.6. The molecular formula is C30H30FN3O5. The van der Waals surface area contributed by atoms with Crippen LogP contribution in [0.25, 0.3) is 22.3 Å². The predicted molar refractivity (Wildman–Crippen MR) is 141 cm³/mol. The molecule has 0 spiro atoms. The molecule has 3 N–H and O–H groups in total. The smallest absolute Gasteiger partial charge is 0.254 e. The summed E-state index contributed by atoms with van der Waals surface area (Å²) in [6.45, 7) is 3.73. The van der Waals surface area contributed by atoms with Gasteiger partial charge < -0.3 is 20.1 Å². The number of halogens is 1. The number of aliphatic hydroxyl groups is 2. The highest BCUT2D eigenvalue weighted by molar-refractivity contribution is 5.94. The highest BCUT2D eigenvalue weighted by atomic mass is 19.1. The molecule has 1 aliphatic heterocycles. The highest BCUT2D eigenvalue weighted by Crippen LogP contribution is 2.46. The van der Waals surface area contributed by atoms with Gasteiger partial charge in [-0.1, -0.05) is 6.92 Å². The topological polar surface area (TPSA) is 122 Å². The third-order valence-corrected chi connectivity index (χ3v) is 9.56. The molecule has 3 heterocycles. The summed E-state index contributed by atoms with van der Waals surface area (Å²) in [6.07, 6.45) is 2.13. The van der Waals surface area contributed by atoms with Crippen molar-refractivity contribution in [2.24, 2.45) is 5.92 Å². The lowest BCUT2D eigenvalue weighted by Crippen LogP contribution is -2.43. The molecule has 1 amide bonds. The van der Waals surface area contributed by atoms with Gasteiger partial charge in [0.05, 0.1) is 35.6 Å². The Kier molecular flexibility index (Phi) is 5.23. The highest BCUT2D eigenvalue weighted by Gasteiger charge is 2.44. The van der Waals surface area contributed by atoms with E-state index >= 15 is 4.39 Å². The van der Waals surface area contributed by atoms with E-state index in [1.807, 2.05) is 0 Å². The molecular weight excluding hydrogens is 501 g/mol. The first-order chi connectivity index (χ1) is 18.6. The van der Waals surface area contributed by atoms with Crippen LogP contribution in [0.5, 0.6) is 0 Å². The summed E-state index contributed by atoms with van der Waals surface area (Å²) in [4.78, 5) is 44.4. The van der Waals surface area contributed by atoms with Crippen molar-refractivity contribution in [2.45, 2.75) is 83.1 Å². The molecule has 0 unspecified atom stereocenters. The molecule has 3 aliphatic carbocycles. The second-order valence-electron chi connectivity index (χ2n) is 11.6. The van der Waals surface area contributed by atoms with Crippen LogP contribution in [0.3, 0.4) is 0 Å². The number of ketones is 1. The molecule has 2 atom stereocenters. The largest absolute Gasteiger partial charge is 0.393 e. The molecule has 8 nitrogen and oxygen atoms in total. The number of nitrogens with one attached hydrogen (secondary N) is 1. The van der Waals surface area contributed by atoms with Crippen LogP contribution in [0, 0.1) is 18.7 Å². The van der Waals surface area contributed by atoms with E-state index in [9.17, 15) is 24.6 Å². The van der Waals surface area contributed by atoms with Crippen molar-refractivity contribution in [3.8, 4) is 11.4 Å². The second kappa shape index (κ2) is 8.29. The van der Waals surface area contributed by atoms with Gasteiger partial charge in [0.1, 0.15) is 11.4 Å². The first-order valence-corrected chi connectivity index (χ1v) is 13.8. The monoisotopic (exact) mass is 531 g/mol. The van der Waals surface area contributed by atoms with Gasteiger partial charge in [0.2, 0.25) is 5.91 Å². The van der Waals surface area contributed by atoms with Crippen molar-refractivity contribution in [3.63, 3.8) is 0 Å². The van der Waals surface area contributed by atoms with E-state index in [-0.39, 0.29) is 60.8 Å². The van der Waals surface area contributed by atoms with Crippen molar-refractivity contribution < 1.29 is 24.2 Å². The molecule has 1 aromatic carbocycles. The number of rotatable bonds is 3. The number of carbonyl (C=O) groups excluding carboxylic acids is 2. The summed E-state index contributed by atoms with van der Waals surface area (Å²) in [6, 6.07) is 2.78. The number of nitrogens with zero attached hydrogens (tertiary/aromatic N) is 2. The van der Waals surface area contributed by atoms with Crippen molar-refractivity contribution in [1.82, 2.24) is 14.9 Å². The minimum atomic E-state index is -1.73. The number of hydrogen-bond acceptors (Lipinski definition) is 6. The van der Waals surface area contributed by atoms with Crippen LogP contribution in [0.2, 0.25) is 0 Å². The molecule has 202 valence electrons. The summed E-state index contributed by atoms with van der Waals surface area (Å²) < 4.78 is 16.7. The Labute approximate surface area is 223 Å². The Morgan fingerprint density at radius 2 is 1.95 bits per heavy atom. The van der Waals surface area contributed by atoms with Gasteiger partial charge in [-0.3, -0.25) is 14.4 Å². The number of carbonyl (C=O) groups is 2. The zero-order valence-corrected chi connectivity index (χ0v) is 21.9. The van der Waals surface area contributed by atoms with Crippen molar-refractivity contribution in [2.75, 3.05) is 0 Å². The molecule has 1 saturated carbocycles. The van der Waals surface area contributed by atoms with E-state index in [0.717, 1.165) is 22.1 Å². The van der Waals surface area contributed by atoms with Gasteiger partial charge in [0, 0.05) is 40.5 Å². The molecule has 39 heavy (non-hydrogen) atoms. The van der Waals surface area contributed by atoms with Gasteiger partial charge in [-0.05, 0) is 68.2 Å². The Morgan fingerprint density at radius 1 is 1.18 bits per heavy atom. The summed E-state index contributed by atoms with van der Waals surface area (Å²) in [5.41, 5.74) is 3.37. The van der Waals surface area contributed by atoms with Crippen LogP contribution in [-0.2, 0) is 34.6 Å². The molecule has 0 radical (unpaired) electrons. The molecule has 3 aromatic rings. The minimum Gasteiger partial charge on any atom is -0.393 e. The minimum absolute atomic E-state index is 0.109. The summed E-state index contributed by atoms with van der Waals surface area (Å²) in [5, 5.41) is 25.0. The predicted octanol–water partition coefficient (Wildman–Crippen LogP) is 2.86. The van der Waals surface area contributed by atoms with E-state index in [1.54, 1.807) is 24.5 Å². The third kappa shape index (κ3) is 3.29. The van der Waals surface area contributed by atoms with E-state index in [1.165, 1.54) is 6.07 Å². The van der Waals surface area contributed by atoms with Crippen LogP contribution in [0.4, 0.5) is 4.39 Å². The first-order valence-electron chi connectivity index (χ1n) is 13.8. The molecule has 0 bridgehead atoms. The number of benzene rings is 1. The van der Waals surface area contributed by atoms with Crippen molar-refractivity contribution >= 4 is 22.6 Å². The summed E-state index contributed by atoms with van der Waals surface area (Å²) >= 11 is 0. The average Bonchev–Trinajstić information content (AvgIpc) is 3.27. The van der Waals surface area contributed by atoms with Crippen molar-refractivity contribution in [3.05, 3.63) is 61.7 Å². The lowest BCUT2D eigenvalue weighted by atomic mass is 9.77. The Morgan fingerprint density at radius 3 is 2.67 bits per heavy atom. The van der Waals surface area contributed by atoms with Gasteiger partial charge in [-0.25, -0.2) is 9.37 Å². The fourth-order valence-electron chi connectivity index (χ4n) is 7.17. The van der Waals surface area contributed by atoms with Gasteiger partial charge in [-0.15, -0.1) is 0 Å². The maximum absolute atomic E-state index is 15.0. The lowest BCUT2D eigenvalue weighted by molar-refractivity contribution is -0.140. The number of aryl methyl sites for hydroxylation is 1. The van der Waals surface area contributed by atoms with Crippen LogP contribution in [-0.4, -0.2) is 37.6 Å². The van der Waals surface area contributed by atoms with Crippen LogP contribution < -0.4 is 10.9 Å². The number of amides is 1. The summed E-state index contributed by atoms with van der Waals surface area (Å²) in [5.74, 6) is -1.00. The molecule has 7 rings (SSSR count). The number of fused-ring (bicyclic) bond motifs is 5. The molecule has 9 heteroatoms. The van der Waals surface area contributed by atoms with Crippen LogP contribution in [0.1, 0.15) is 78.5 Å². The Balaban J connectivity index is 1.45. The fraction of sp³-hybridized carbons (Fsp3) is 0.467. The van der Waals surface area contributed by atoms with E-state index in [2.05, 4.69) is 5.32 Å². The first kappa shape index (κ1) is 24.6. The SMILES string of the molecule is CC[C@@]1(O)C(=O)CCc2c1cc1n(c2=O)Cc2c-1nc1cc(F)c(C)c3c1c2[C@@H](NC(=O)[C@H]1C[C@H](O)C1)CC3. The molecule has 1 fully saturated rings. The van der Waals surface area contributed by atoms with E-state index in [4.69, 9.17) is 4.98 Å². The van der Waals surface area contributed by atoms with Gasteiger partial charge in [0.15, 0.2) is 5.78 Å². The number of Topliss-reactive ketones (excluding diaryl/α,β-unsaturated/α-hetero) is 1. The van der Waals surface area contributed by atoms with Gasteiger partial charge in [-0.2, -0.15) is 0 Å². The Bertz CT molecular complexity index is 1690. The molecule has 2 aromatic heterocycles. The third-order valence-electron chi connectivity index (χ3n) is 9.56. The average molecular weight is 532 g/mol. The number of aliphatic hydroxyl groups excluding tert-OH is 1. The Hall–Kier alpha value is -3.43. The number of aromatic nitrogens is 2. The van der Waals surface area contributed by atoms with Gasteiger partial charge in [0.25, 0.3) is 5.56 Å². The van der Waals surface area contributed by atoms with Crippen LogP contribution in [0.15, 0.2) is 16.9 Å². The molecule has 4 aliphatic rings. The molecule has 0 saturated heterocycles. The van der Waals surface area contributed by atoms with E-state index in [0.29, 0.717) is 59.3 Å². The standard InChI is InChI=1S/C30H30FN3O5/c1-3-30(39)19-10-23-27-18(12-34(23)29(38)17(19)5-7-24(30)36)26-21(33-28(37)14-8-15(35)9-14)6-4-16-13(2)20(31)11-22(32-27)25(16)26/h10-11,14-15,21,35,39H,3-9,12H2,1-2H3,(H,33,37)/t14-,15-,21-,30-/m0/s1. The van der Waals surface area contributed by atoms with Crippen molar-refractivity contribution in [1.29, 1.82) is 0 Å². The van der Waals surface area contributed by atoms with Crippen LogP contribution >= 0.6 is 0 Å². The van der Waals surface area contributed by atoms with E-state index < -0.39 is 11.7 Å². The van der Waals surface area contributed by atoms with Gasteiger partial charge >= 0.3 is 0 Å². The second-order valence-corrected chi connectivity index (χ2v) is 11.6.